The van der Waals surface area contributed by atoms with Gasteiger partial charge in [-0.3, -0.25) is 14.5 Å². The first kappa shape index (κ1) is 18.9. The minimum absolute atomic E-state index is 0.0997. The molecule has 26 heavy (non-hydrogen) atoms. The molecule has 1 heterocycles. The Kier molecular flexibility index (Phi) is 6.30. The number of piperazine rings is 1. The molecule has 1 aromatic carbocycles. The number of carbonyl (C=O) groups excluding carboxylic acids is 2. The minimum Gasteiger partial charge on any atom is -0.345 e. The molecule has 0 aromatic heterocycles. The van der Waals surface area contributed by atoms with Gasteiger partial charge in [0.15, 0.2) is 0 Å². The Labute approximate surface area is 156 Å². The fraction of sp³-hybridized carbons (Fsp3) is 0.619. The highest BCUT2D eigenvalue weighted by Gasteiger charge is 2.31. The van der Waals surface area contributed by atoms with Gasteiger partial charge in [-0.15, -0.1) is 0 Å². The van der Waals surface area contributed by atoms with E-state index in [-0.39, 0.29) is 17.9 Å². The van der Waals surface area contributed by atoms with Crippen LogP contribution in [0.2, 0.25) is 0 Å². The van der Waals surface area contributed by atoms with E-state index in [9.17, 15) is 9.59 Å². The second-order valence-corrected chi connectivity index (χ2v) is 7.81. The molecular weight excluding hydrogens is 326 g/mol. The van der Waals surface area contributed by atoms with Gasteiger partial charge < -0.3 is 10.2 Å². The predicted molar refractivity (Wildman–Crippen MR) is 103 cm³/mol. The largest absolute Gasteiger partial charge is 0.345 e. The van der Waals surface area contributed by atoms with Crippen LogP contribution in [-0.2, 0) is 16.1 Å². The highest BCUT2D eigenvalue weighted by Crippen LogP contribution is 2.31. The molecule has 2 amide bonds. The summed E-state index contributed by atoms with van der Waals surface area (Å²) < 4.78 is 0. The van der Waals surface area contributed by atoms with Crippen molar-refractivity contribution < 1.29 is 9.59 Å². The van der Waals surface area contributed by atoms with Crippen molar-refractivity contribution in [3.05, 3.63) is 35.4 Å². The zero-order valence-corrected chi connectivity index (χ0v) is 16.0. The Morgan fingerprint density at radius 1 is 1.15 bits per heavy atom. The molecule has 5 nitrogen and oxygen atoms in total. The van der Waals surface area contributed by atoms with Crippen molar-refractivity contribution >= 4 is 11.8 Å². The smallest absolute Gasteiger partial charge is 0.245 e. The molecule has 0 unspecified atom stereocenters. The molecule has 0 spiro atoms. The molecule has 1 saturated heterocycles. The summed E-state index contributed by atoms with van der Waals surface area (Å²) in [5.41, 5.74) is 2.67. The van der Waals surface area contributed by atoms with Crippen molar-refractivity contribution in [3.63, 3.8) is 0 Å². The number of hydrogen-bond acceptors (Lipinski definition) is 3. The summed E-state index contributed by atoms with van der Waals surface area (Å²) in [5.74, 6) is 0.585. The van der Waals surface area contributed by atoms with E-state index in [0.717, 1.165) is 39.1 Å². The highest BCUT2D eigenvalue weighted by molar-refractivity contribution is 5.87. The number of rotatable bonds is 6. The zero-order valence-electron chi connectivity index (χ0n) is 16.0. The van der Waals surface area contributed by atoms with Crippen molar-refractivity contribution in [2.45, 2.75) is 52.1 Å². The molecule has 3 rings (SSSR count). The maximum absolute atomic E-state index is 12.9. The van der Waals surface area contributed by atoms with Gasteiger partial charge in [-0.1, -0.05) is 43.5 Å². The Morgan fingerprint density at radius 3 is 2.42 bits per heavy atom. The van der Waals surface area contributed by atoms with Crippen LogP contribution in [0.3, 0.4) is 0 Å². The third kappa shape index (κ3) is 4.85. The number of nitrogens with one attached hydrogen (secondary N) is 1. The topological polar surface area (TPSA) is 52.7 Å². The standard InChI is InChI=1S/C21H31N3O2/c1-16-6-3-4-9-19(16)15-23-10-12-24(13-11-23)21(26)20(22-17(2)25)14-18-7-5-8-18/h3-4,6,9,18,20H,5,7-8,10-15H2,1-2H3,(H,22,25)/t20-/m1/s1. The Hall–Kier alpha value is -1.88. The van der Waals surface area contributed by atoms with E-state index in [0.29, 0.717) is 5.92 Å². The van der Waals surface area contributed by atoms with Gasteiger partial charge in [-0.2, -0.15) is 0 Å². The average molecular weight is 357 g/mol. The molecule has 1 atom stereocenters. The van der Waals surface area contributed by atoms with Gasteiger partial charge in [0.2, 0.25) is 11.8 Å². The Balaban J connectivity index is 1.52. The molecule has 1 aromatic rings. The summed E-state index contributed by atoms with van der Waals surface area (Å²) in [7, 11) is 0. The first-order valence-electron chi connectivity index (χ1n) is 9.85. The van der Waals surface area contributed by atoms with Crippen molar-refractivity contribution in [1.82, 2.24) is 15.1 Å². The van der Waals surface area contributed by atoms with Gasteiger partial charge >= 0.3 is 0 Å². The fourth-order valence-electron chi connectivity index (χ4n) is 3.90. The van der Waals surface area contributed by atoms with Crippen molar-refractivity contribution in [2.75, 3.05) is 26.2 Å². The second-order valence-electron chi connectivity index (χ2n) is 7.81. The molecular formula is C21H31N3O2. The summed E-state index contributed by atoms with van der Waals surface area (Å²) >= 11 is 0. The number of aryl methyl sites for hydroxylation is 1. The Morgan fingerprint density at radius 2 is 1.85 bits per heavy atom. The lowest BCUT2D eigenvalue weighted by Crippen LogP contribution is -2.55. The van der Waals surface area contributed by atoms with Gasteiger partial charge in [0.05, 0.1) is 0 Å². The number of carbonyl (C=O) groups is 2. The zero-order chi connectivity index (χ0) is 18.5. The van der Waals surface area contributed by atoms with Crippen LogP contribution in [0.4, 0.5) is 0 Å². The Bertz CT molecular complexity index is 634. The molecule has 142 valence electrons. The number of nitrogens with zero attached hydrogens (tertiary/aromatic N) is 2. The van der Waals surface area contributed by atoms with Crippen LogP contribution in [0.1, 0.15) is 43.7 Å². The third-order valence-corrected chi connectivity index (χ3v) is 5.81. The average Bonchev–Trinajstić information content (AvgIpc) is 2.59. The van der Waals surface area contributed by atoms with Crippen LogP contribution in [0.5, 0.6) is 0 Å². The predicted octanol–water partition coefficient (Wildman–Crippen LogP) is 2.33. The van der Waals surface area contributed by atoms with E-state index in [1.54, 1.807) is 0 Å². The number of benzene rings is 1. The summed E-state index contributed by atoms with van der Waals surface area (Å²) in [6, 6.07) is 8.13. The van der Waals surface area contributed by atoms with Crippen LogP contribution in [-0.4, -0.2) is 53.8 Å². The quantitative estimate of drug-likeness (QED) is 0.850. The van der Waals surface area contributed by atoms with E-state index >= 15 is 0 Å². The van der Waals surface area contributed by atoms with Gasteiger partial charge in [-0.05, 0) is 30.4 Å². The fourth-order valence-corrected chi connectivity index (χ4v) is 3.90. The molecule has 2 aliphatic rings. The van der Waals surface area contributed by atoms with Crippen LogP contribution >= 0.6 is 0 Å². The lowest BCUT2D eigenvalue weighted by atomic mass is 9.80. The molecule has 0 radical (unpaired) electrons. The maximum atomic E-state index is 12.9. The molecule has 0 bridgehead atoms. The monoisotopic (exact) mass is 357 g/mol. The van der Waals surface area contributed by atoms with E-state index in [1.165, 1.54) is 37.3 Å². The number of hydrogen-bond donors (Lipinski definition) is 1. The maximum Gasteiger partial charge on any atom is 0.245 e. The van der Waals surface area contributed by atoms with Crippen molar-refractivity contribution in [1.29, 1.82) is 0 Å². The van der Waals surface area contributed by atoms with E-state index in [1.807, 2.05) is 4.90 Å². The minimum atomic E-state index is -0.347. The first-order valence-corrected chi connectivity index (χ1v) is 9.85. The normalized spacial score (nSPS) is 19.7. The van der Waals surface area contributed by atoms with Crippen molar-refractivity contribution in [2.24, 2.45) is 5.92 Å². The van der Waals surface area contributed by atoms with Gasteiger partial charge in [0.1, 0.15) is 6.04 Å². The molecule has 1 aliphatic heterocycles. The second kappa shape index (κ2) is 8.67. The SMILES string of the molecule is CC(=O)N[C@H](CC1CCC1)C(=O)N1CCN(Cc2ccccc2C)CC1. The van der Waals surface area contributed by atoms with Crippen LogP contribution in [0.25, 0.3) is 0 Å². The van der Waals surface area contributed by atoms with E-state index in [2.05, 4.69) is 41.4 Å². The molecule has 1 N–H and O–H groups in total. The lowest BCUT2D eigenvalue weighted by molar-refractivity contribution is -0.138. The van der Waals surface area contributed by atoms with E-state index < -0.39 is 0 Å². The third-order valence-electron chi connectivity index (χ3n) is 5.81. The summed E-state index contributed by atoms with van der Waals surface area (Å²) in [5, 5.41) is 2.89. The lowest BCUT2D eigenvalue weighted by Gasteiger charge is -2.38. The van der Waals surface area contributed by atoms with Crippen molar-refractivity contribution in [3.8, 4) is 0 Å². The molecule has 1 saturated carbocycles. The summed E-state index contributed by atoms with van der Waals surface area (Å²) in [4.78, 5) is 28.8. The summed E-state index contributed by atoms with van der Waals surface area (Å²) in [6.07, 6.45) is 4.42. The molecule has 1 aliphatic carbocycles. The van der Waals surface area contributed by atoms with Gasteiger partial charge in [0, 0.05) is 39.6 Å². The number of amides is 2. The van der Waals surface area contributed by atoms with Gasteiger partial charge in [-0.25, -0.2) is 0 Å². The molecule has 2 fully saturated rings. The first-order chi connectivity index (χ1) is 12.5. The van der Waals surface area contributed by atoms with E-state index in [4.69, 9.17) is 0 Å². The summed E-state index contributed by atoms with van der Waals surface area (Å²) in [6.45, 7) is 7.84. The van der Waals surface area contributed by atoms with Crippen LogP contribution in [0.15, 0.2) is 24.3 Å². The highest BCUT2D eigenvalue weighted by atomic mass is 16.2. The van der Waals surface area contributed by atoms with Gasteiger partial charge in [0.25, 0.3) is 0 Å². The van der Waals surface area contributed by atoms with Crippen LogP contribution < -0.4 is 5.32 Å². The molecule has 5 heteroatoms. The van der Waals surface area contributed by atoms with Crippen LogP contribution in [0, 0.1) is 12.8 Å².